The average Bonchev–Trinajstić information content (AvgIpc) is 3.06. The Bertz CT molecular complexity index is 1040. The topological polar surface area (TPSA) is 79.2 Å². The molecule has 1 amide bonds. The number of para-hydroxylation sites is 1. The lowest BCUT2D eigenvalue weighted by atomic mass is 10.1. The number of aldehydes is 1. The van der Waals surface area contributed by atoms with Gasteiger partial charge in [-0.2, -0.15) is 0 Å². The minimum atomic E-state index is -1.21. The van der Waals surface area contributed by atoms with Crippen LogP contribution >= 0.6 is 23.4 Å². The van der Waals surface area contributed by atoms with Gasteiger partial charge in [0.05, 0.1) is 15.6 Å². The molecule has 0 bridgehead atoms. The first-order valence-corrected chi connectivity index (χ1v) is 11.0. The Morgan fingerprint density at radius 2 is 2.06 bits per heavy atom. The van der Waals surface area contributed by atoms with Crippen LogP contribution in [0.3, 0.4) is 0 Å². The van der Waals surface area contributed by atoms with Gasteiger partial charge in [-0.3, -0.25) is 14.7 Å². The van der Waals surface area contributed by atoms with E-state index in [0.717, 1.165) is 23.2 Å². The Labute approximate surface area is 190 Å². The van der Waals surface area contributed by atoms with Crippen LogP contribution in [-0.4, -0.2) is 41.7 Å². The molecular weight excluding hydrogens is 436 g/mol. The van der Waals surface area contributed by atoms with E-state index in [-0.39, 0.29) is 12.5 Å². The highest BCUT2D eigenvalue weighted by Crippen LogP contribution is 2.38. The van der Waals surface area contributed by atoms with Crippen LogP contribution in [0.1, 0.15) is 24.5 Å². The van der Waals surface area contributed by atoms with Crippen LogP contribution in [0, 0.1) is 6.92 Å². The summed E-state index contributed by atoms with van der Waals surface area (Å²) in [6.45, 7) is 4.46. The van der Waals surface area contributed by atoms with Gasteiger partial charge < -0.3 is 14.6 Å². The minimum absolute atomic E-state index is 0.139. The molecule has 162 valence electrons. The number of carbonyl (C=O) groups excluding carboxylic acids is 2. The number of amides is 1. The lowest BCUT2D eigenvalue weighted by molar-refractivity contribution is -0.116. The smallest absolute Gasteiger partial charge is 0.271 e. The number of hydrogen-bond acceptors (Lipinski definition) is 6. The fraction of sp³-hybridized carbons (Fsp3) is 0.261. The van der Waals surface area contributed by atoms with E-state index < -0.39 is 6.10 Å². The summed E-state index contributed by atoms with van der Waals surface area (Å²) in [5, 5.41) is 10.3. The van der Waals surface area contributed by atoms with E-state index in [1.54, 1.807) is 29.2 Å². The van der Waals surface area contributed by atoms with E-state index in [4.69, 9.17) is 16.3 Å². The Morgan fingerprint density at radius 1 is 1.29 bits per heavy atom. The highest BCUT2D eigenvalue weighted by molar-refractivity contribution is 8.19. The first-order chi connectivity index (χ1) is 14.9. The van der Waals surface area contributed by atoms with Gasteiger partial charge in [0.15, 0.2) is 11.5 Å². The van der Waals surface area contributed by atoms with Crippen molar-refractivity contribution in [2.75, 3.05) is 18.1 Å². The van der Waals surface area contributed by atoms with Gasteiger partial charge in [-0.25, -0.2) is 0 Å². The fourth-order valence-electron chi connectivity index (χ4n) is 2.90. The molecular formula is C23H23ClN2O4S. The number of rotatable bonds is 8. The largest absolute Gasteiger partial charge is 0.489 e. The minimum Gasteiger partial charge on any atom is -0.489 e. The molecule has 31 heavy (non-hydrogen) atoms. The molecule has 1 aliphatic heterocycles. The van der Waals surface area contributed by atoms with Gasteiger partial charge in [0, 0.05) is 6.54 Å². The van der Waals surface area contributed by atoms with Crippen molar-refractivity contribution < 1.29 is 19.4 Å². The van der Waals surface area contributed by atoms with Crippen LogP contribution in [0.4, 0.5) is 5.69 Å². The van der Waals surface area contributed by atoms with E-state index in [1.807, 2.05) is 38.1 Å². The number of hydrogen-bond donors (Lipinski definition) is 1. The molecule has 0 spiro atoms. The zero-order chi connectivity index (χ0) is 22.4. The van der Waals surface area contributed by atoms with Gasteiger partial charge in [0.1, 0.15) is 18.5 Å². The van der Waals surface area contributed by atoms with E-state index >= 15 is 0 Å². The van der Waals surface area contributed by atoms with Crippen LogP contribution in [-0.2, 0) is 9.59 Å². The Morgan fingerprint density at radius 3 is 2.74 bits per heavy atom. The molecule has 1 atom stereocenters. The number of carbonyl (C=O) groups is 2. The number of ether oxygens (including phenoxy) is 1. The second kappa shape index (κ2) is 10.6. The van der Waals surface area contributed by atoms with Gasteiger partial charge in [-0.1, -0.05) is 42.8 Å². The van der Waals surface area contributed by atoms with Crippen molar-refractivity contribution in [3.8, 4) is 5.75 Å². The molecule has 0 aliphatic carbocycles. The van der Waals surface area contributed by atoms with Crippen molar-refractivity contribution in [1.82, 2.24) is 0 Å². The normalized spacial score (nSPS) is 17.4. The van der Waals surface area contributed by atoms with Crippen LogP contribution in [0.15, 0.2) is 52.4 Å². The highest BCUT2D eigenvalue weighted by atomic mass is 35.5. The number of halogens is 1. The van der Waals surface area contributed by atoms with E-state index in [9.17, 15) is 14.7 Å². The highest BCUT2D eigenvalue weighted by Gasteiger charge is 2.35. The van der Waals surface area contributed by atoms with Crippen molar-refractivity contribution in [2.45, 2.75) is 26.4 Å². The summed E-state index contributed by atoms with van der Waals surface area (Å²) in [6, 6.07) is 12.8. The van der Waals surface area contributed by atoms with Crippen LogP contribution in [0.2, 0.25) is 5.02 Å². The molecule has 2 aromatic carbocycles. The number of aliphatic hydroxyl groups excluding tert-OH is 1. The van der Waals surface area contributed by atoms with Gasteiger partial charge in [-0.15, -0.1) is 0 Å². The number of anilines is 1. The zero-order valence-corrected chi connectivity index (χ0v) is 18.8. The number of benzene rings is 2. The predicted molar refractivity (Wildman–Crippen MR) is 126 cm³/mol. The fourth-order valence-corrected chi connectivity index (χ4v) is 4.15. The summed E-state index contributed by atoms with van der Waals surface area (Å²) in [6.07, 6.45) is 1.84. The van der Waals surface area contributed by atoms with Crippen molar-refractivity contribution in [3.63, 3.8) is 0 Å². The summed E-state index contributed by atoms with van der Waals surface area (Å²) in [4.78, 5) is 30.6. The lowest BCUT2D eigenvalue weighted by Gasteiger charge is -2.18. The second-order valence-corrected chi connectivity index (χ2v) is 8.32. The maximum absolute atomic E-state index is 13.2. The van der Waals surface area contributed by atoms with Gasteiger partial charge in [0.25, 0.3) is 5.91 Å². The average molecular weight is 459 g/mol. The molecule has 3 rings (SSSR count). The molecule has 1 aliphatic rings. The zero-order valence-electron chi connectivity index (χ0n) is 17.2. The molecule has 1 N–H and O–H groups in total. The molecule has 0 aromatic heterocycles. The predicted octanol–water partition coefficient (Wildman–Crippen LogP) is 4.47. The molecule has 0 radical (unpaired) electrons. The van der Waals surface area contributed by atoms with Crippen molar-refractivity contribution in [3.05, 3.63) is 63.5 Å². The Balaban J connectivity index is 1.88. The van der Waals surface area contributed by atoms with Crippen LogP contribution in [0.5, 0.6) is 5.75 Å². The first kappa shape index (κ1) is 23.1. The van der Waals surface area contributed by atoms with Gasteiger partial charge in [-0.05, 0) is 60.5 Å². The number of aryl methyl sites for hydroxylation is 1. The summed E-state index contributed by atoms with van der Waals surface area (Å²) in [5.74, 6) is 0.210. The number of aliphatic imine (C=N–C) groups is 1. The molecule has 1 saturated heterocycles. The van der Waals surface area contributed by atoms with Crippen LogP contribution in [0.25, 0.3) is 6.08 Å². The molecule has 8 heteroatoms. The molecule has 1 heterocycles. The summed E-state index contributed by atoms with van der Waals surface area (Å²) in [7, 11) is 0. The SMILES string of the molecule is CCC/N=C1/S/C(=C\c2ccc(OCC(O)C=O)c(Cl)c2)C(=O)N1c1ccccc1C. The third kappa shape index (κ3) is 5.55. The lowest BCUT2D eigenvalue weighted by Crippen LogP contribution is -2.29. The van der Waals surface area contributed by atoms with Crippen molar-refractivity contribution >= 4 is 52.5 Å². The third-order valence-corrected chi connectivity index (χ3v) is 5.76. The number of thioether (sulfide) groups is 1. The number of nitrogens with zero attached hydrogens (tertiary/aromatic N) is 2. The maximum Gasteiger partial charge on any atom is 0.271 e. The summed E-state index contributed by atoms with van der Waals surface area (Å²) < 4.78 is 5.35. The molecule has 0 saturated carbocycles. The molecule has 2 aromatic rings. The van der Waals surface area contributed by atoms with Gasteiger partial charge in [0.2, 0.25) is 0 Å². The second-order valence-electron chi connectivity index (χ2n) is 6.91. The standard InChI is InChI=1S/C23H23ClN2O4S/c1-3-10-25-23-26(19-7-5-4-6-15(19)2)22(29)21(31-23)12-16-8-9-20(18(24)11-16)30-14-17(28)13-27/h4-9,11-13,17,28H,3,10,14H2,1-2H3/b21-12-,25-23+. The quantitative estimate of drug-likeness (QED) is 0.466. The molecule has 6 nitrogen and oxygen atoms in total. The van der Waals surface area contributed by atoms with Crippen LogP contribution < -0.4 is 9.64 Å². The number of amidine groups is 1. The first-order valence-electron chi connectivity index (χ1n) is 9.84. The number of aliphatic hydroxyl groups is 1. The van der Waals surface area contributed by atoms with Gasteiger partial charge >= 0.3 is 0 Å². The summed E-state index contributed by atoms with van der Waals surface area (Å²) >= 11 is 7.60. The Hall–Kier alpha value is -2.61. The molecule has 1 unspecified atom stereocenters. The Kier molecular flexibility index (Phi) is 7.90. The van der Waals surface area contributed by atoms with Crippen molar-refractivity contribution in [1.29, 1.82) is 0 Å². The monoisotopic (exact) mass is 458 g/mol. The van der Waals surface area contributed by atoms with Crippen molar-refractivity contribution in [2.24, 2.45) is 4.99 Å². The van der Waals surface area contributed by atoms with E-state index in [0.29, 0.717) is 33.7 Å². The summed E-state index contributed by atoms with van der Waals surface area (Å²) in [5.41, 5.74) is 2.53. The van der Waals surface area contributed by atoms with E-state index in [1.165, 1.54) is 11.8 Å². The third-order valence-electron chi connectivity index (χ3n) is 4.45. The van der Waals surface area contributed by atoms with E-state index in [2.05, 4.69) is 4.99 Å². The maximum atomic E-state index is 13.2. The molecule has 1 fully saturated rings.